The number of ether oxygens (including phenoxy) is 1. The van der Waals surface area contributed by atoms with E-state index in [1.54, 1.807) is 50.2 Å². The van der Waals surface area contributed by atoms with E-state index in [1.165, 1.54) is 11.1 Å². The van der Waals surface area contributed by atoms with Gasteiger partial charge in [0.25, 0.3) is 0 Å². The van der Waals surface area contributed by atoms with Crippen LogP contribution >= 0.6 is 0 Å². The van der Waals surface area contributed by atoms with E-state index in [-0.39, 0.29) is 25.1 Å². The molecular weight excluding hydrogens is 350 g/mol. The third-order valence-electron chi connectivity index (χ3n) is 3.48. The van der Waals surface area contributed by atoms with Crippen LogP contribution in [0, 0.1) is 0 Å². The second-order valence-corrected chi connectivity index (χ2v) is 6.03. The molecule has 0 atom stereocenters. The van der Waals surface area contributed by atoms with Crippen LogP contribution < -0.4 is 5.32 Å². The number of rotatable bonds is 7. The SMILES string of the molecule is CC(C)OC(=O)c1cccc(-c2nnn(CC(=O)NCc3ccco3)n2)c1. The van der Waals surface area contributed by atoms with Crippen molar-refractivity contribution in [2.24, 2.45) is 0 Å². The van der Waals surface area contributed by atoms with Crippen molar-refractivity contribution < 1.29 is 18.7 Å². The van der Waals surface area contributed by atoms with Crippen molar-refractivity contribution in [2.75, 3.05) is 0 Å². The van der Waals surface area contributed by atoms with Crippen molar-refractivity contribution >= 4 is 11.9 Å². The smallest absolute Gasteiger partial charge is 0.338 e. The Hall–Kier alpha value is -3.49. The van der Waals surface area contributed by atoms with Crippen LogP contribution in [0.2, 0.25) is 0 Å². The van der Waals surface area contributed by atoms with E-state index in [9.17, 15) is 9.59 Å². The largest absolute Gasteiger partial charge is 0.467 e. The van der Waals surface area contributed by atoms with E-state index in [4.69, 9.17) is 9.15 Å². The summed E-state index contributed by atoms with van der Waals surface area (Å²) in [6.07, 6.45) is 1.33. The monoisotopic (exact) mass is 369 g/mol. The number of benzene rings is 1. The molecule has 2 aromatic heterocycles. The highest BCUT2D eigenvalue weighted by Crippen LogP contribution is 2.16. The summed E-state index contributed by atoms with van der Waals surface area (Å²) in [5.74, 6) is 0.273. The quantitative estimate of drug-likeness (QED) is 0.632. The zero-order valence-electron chi connectivity index (χ0n) is 15.0. The molecule has 140 valence electrons. The molecule has 0 spiro atoms. The first-order valence-corrected chi connectivity index (χ1v) is 8.39. The summed E-state index contributed by atoms with van der Waals surface area (Å²) < 4.78 is 10.3. The summed E-state index contributed by atoms with van der Waals surface area (Å²) in [6.45, 7) is 3.77. The molecule has 0 aliphatic heterocycles. The molecule has 9 nitrogen and oxygen atoms in total. The molecule has 1 amide bonds. The lowest BCUT2D eigenvalue weighted by Crippen LogP contribution is -2.27. The normalized spacial score (nSPS) is 10.8. The fraction of sp³-hybridized carbons (Fsp3) is 0.278. The fourth-order valence-electron chi connectivity index (χ4n) is 2.28. The zero-order chi connectivity index (χ0) is 19.2. The molecule has 1 N–H and O–H groups in total. The van der Waals surface area contributed by atoms with Gasteiger partial charge in [0.1, 0.15) is 12.3 Å². The molecular formula is C18H19N5O4. The zero-order valence-corrected chi connectivity index (χ0v) is 15.0. The van der Waals surface area contributed by atoms with Gasteiger partial charge in [0.2, 0.25) is 11.7 Å². The Morgan fingerprint density at radius 2 is 2.11 bits per heavy atom. The van der Waals surface area contributed by atoms with Gasteiger partial charge in [0, 0.05) is 5.56 Å². The molecule has 0 saturated carbocycles. The highest BCUT2D eigenvalue weighted by molar-refractivity contribution is 5.90. The third-order valence-corrected chi connectivity index (χ3v) is 3.48. The first kappa shape index (κ1) is 18.3. The molecule has 0 fully saturated rings. The minimum Gasteiger partial charge on any atom is -0.467 e. The lowest BCUT2D eigenvalue weighted by molar-refractivity contribution is -0.122. The molecule has 1 aromatic carbocycles. The summed E-state index contributed by atoms with van der Waals surface area (Å²) in [7, 11) is 0. The molecule has 9 heteroatoms. The van der Waals surface area contributed by atoms with E-state index in [2.05, 4.69) is 20.7 Å². The highest BCUT2D eigenvalue weighted by Gasteiger charge is 2.13. The van der Waals surface area contributed by atoms with Crippen molar-refractivity contribution in [3.8, 4) is 11.4 Å². The van der Waals surface area contributed by atoms with Gasteiger partial charge in [-0.05, 0) is 43.3 Å². The van der Waals surface area contributed by atoms with Gasteiger partial charge in [-0.15, -0.1) is 10.2 Å². The highest BCUT2D eigenvalue weighted by atomic mass is 16.5. The molecule has 0 saturated heterocycles. The first-order chi connectivity index (χ1) is 13.0. The van der Waals surface area contributed by atoms with E-state index < -0.39 is 5.97 Å². The summed E-state index contributed by atoms with van der Waals surface area (Å²) >= 11 is 0. The van der Waals surface area contributed by atoms with Gasteiger partial charge in [-0.25, -0.2) is 4.79 Å². The minimum absolute atomic E-state index is 0.0806. The van der Waals surface area contributed by atoms with Gasteiger partial charge < -0.3 is 14.5 Å². The van der Waals surface area contributed by atoms with Crippen molar-refractivity contribution in [1.29, 1.82) is 0 Å². The third kappa shape index (κ3) is 5.00. The van der Waals surface area contributed by atoms with Crippen LogP contribution in [0.25, 0.3) is 11.4 Å². The molecule has 0 aliphatic rings. The number of nitrogens with one attached hydrogen (secondary N) is 1. The van der Waals surface area contributed by atoms with Crippen molar-refractivity contribution in [3.05, 3.63) is 54.0 Å². The molecule has 0 bridgehead atoms. The van der Waals surface area contributed by atoms with Crippen molar-refractivity contribution in [3.63, 3.8) is 0 Å². The van der Waals surface area contributed by atoms with Gasteiger partial charge in [0.15, 0.2) is 0 Å². The maximum atomic E-state index is 12.0. The molecule has 3 rings (SSSR count). The Balaban J connectivity index is 1.63. The van der Waals surface area contributed by atoms with E-state index in [1.807, 2.05) is 0 Å². The van der Waals surface area contributed by atoms with Gasteiger partial charge >= 0.3 is 5.97 Å². The minimum atomic E-state index is -0.420. The maximum Gasteiger partial charge on any atom is 0.338 e. The number of amides is 1. The molecule has 27 heavy (non-hydrogen) atoms. The van der Waals surface area contributed by atoms with Crippen molar-refractivity contribution in [1.82, 2.24) is 25.5 Å². The average Bonchev–Trinajstić information content (AvgIpc) is 3.31. The number of esters is 1. The summed E-state index contributed by atoms with van der Waals surface area (Å²) in [5.41, 5.74) is 1.00. The molecule has 0 unspecified atom stereocenters. The predicted molar refractivity (Wildman–Crippen MR) is 94.4 cm³/mol. The van der Waals surface area contributed by atoms with E-state index in [0.29, 0.717) is 22.7 Å². The molecule has 2 heterocycles. The Kier molecular flexibility index (Phi) is 5.60. The van der Waals surface area contributed by atoms with E-state index >= 15 is 0 Å². The van der Waals surface area contributed by atoms with Gasteiger partial charge in [0.05, 0.1) is 24.5 Å². The van der Waals surface area contributed by atoms with Crippen LogP contribution in [0.15, 0.2) is 47.1 Å². The molecule has 3 aromatic rings. The summed E-state index contributed by atoms with van der Waals surface area (Å²) in [6, 6.07) is 10.3. The first-order valence-electron chi connectivity index (χ1n) is 8.39. The topological polar surface area (TPSA) is 112 Å². The van der Waals surface area contributed by atoms with Crippen molar-refractivity contribution in [2.45, 2.75) is 33.0 Å². The second kappa shape index (κ2) is 8.26. The second-order valence-electron chi connectivity index (χ2n) is 6.03. The van der Waals surface area contributed by atoms with Crippen LogP contribution in [-0.4, -0.2) is 38.2 Å². The number of nitrogens with zero attached hydrogens (tertiary/aromatic N) is 4. The number of furan rings is 1. The van der Waals surface area contributed by atoms with Gasteiger partial charge in [-0.3, -0.25) is 4.79 Å². The standard InChI is InChI=1S/C18H19N5O4/c1-12(2)27-18(25)14-6-3-5-13(9-14)17-20-22-23(21-17)11-16(24)19-10-15-7-4-8-26-15/h3-9,12H,10-11H2,1-2H3,(H,19,24). The Morgan fingerprint density at radius 1 is 1.26 bits per heavy atom. The Labute approximate surface area is 155 Å². The van der Waals surface area contributed by atoms with Gasteiger partial charge in [-0.1, -0.05) is 12.1 Å². The number of hydrogen-bond donors (Lipinski definition) is 1. The Morgan fingerprint density at radius 3 is 2.85 bits per heavy atom. The molecule has 0 aliphatic carbocycles. The summed E-state index contributed by atoms with van der Waals surface area (Å²) in [4.78, 5) is 25.2. The van der Waals surface area contributed by atoms with Crippen LogP contribution in [-0.2, 0) is 22.6 Å². The summed E-state index contributed by atoms with van der Waals surface area (Å²) in [5, 5.41) is 14.7. The maximum absolute atomic E-state index is 12.0. The van der Waals surface area contributed by atoms with Gasteiger partial charge in [-0.2, -0.15) is 4.80 Å². The number of hydrogen-bond acceptors (Lipinski definition) is 7. The number of carbonyl (C=O) groups excluding carboxylic acids is 2. The predicted octanol–water partition coefficient (Wildman–Crippen LogP) is 1.81. The lowest BCUT2D eigenvalue weighted by Gasteiger charge is -2.08. The average molecular weight is 369 g/mol. The van der Waals surface area contributed by atoms with E-state index in [0.717, 1.165) is 0 Å². The van der Waals surface area contributed by atoms with Crippen LogP contribution in [0.1, 0.15) is 30.0 Å². The Bertz CT molecular complexity index is 917. The molecule has 0 radical (unpaired) electrons. The van der Waals surface area contributed by atoms with Crippen LogP contribution in [0.5, 0.6) is 0 Å². The lowest BCUT2D eigenvalue weighted by atomic mass is 10.1. The van der Waals surface area contributed by atoms with Crippen LogP contribution in [0.4, 0.5) is 0 Å². The van der Waals surface area contributed by atoms with Crippen LogP contribution in [0.3, 0.4) is 0 Å². The number of tetrazole rings is 1. The number of carbonyl (C=O) groups is 2. The number of aromatic nitrogens is 4. The fourth-order valence-corrected chi connectivity index (χ4v) is 2.28.